The highest BCUT2D eigenvalue weighted by atomic mass is 16.5. The summed E-state index contributed by atoms with van der Waals surface area (Å²) in [4.78, 5) is 12.1. The molecule has 1 amide bonds. The maximum Gasteiger partial charge on any atom is 0.223 e. The van der Waals surface area contributed by atoms with Crippen LogP contribution in [-0.2, 0) is 11.3 Å². The molecule has 2 atom stereocenters. The van der Waals surface area contributed by atoms with E-state index in [1.54, 1.807) is 7.11 Å². The standard InChI is InChI=1S/C18H22N2O2/c1-22-17-7-5-13-8-12(2-3-14(13)10-17)11-20-18(21)15-4-6-16(19)9-15/h2-3,5,7-8,10,15-16H,4,6,9,11,19H2,1H3,(H,20,21). The number of carbonyl (C=O) groups is 1. The summed E-state index contributed by atoms with van der Waals surface area (Å²) >= 11 is 0. The monoisotopic (exact) mass is 298 g/mol. The minimum Gasteiger partial charge on any atom is -0.497 e. The second-order valence-corrected chi connectivity index (χ2v) is 6.04. The van der Waals surface area contributed by atoms with Gasteiger partial charge in [-0.25, -0.2) is 0 Å². The zero-order valence-electron chi connectivity index (χ0n) is 12.8. The van der Waals surface area contributed by atoms with Crippen molar-refractivity contribution in [3.8, 4) is 5.75 Å². The van der Waals surface area contributed by atoms with E-state index in [2.05, 4.69) is 17.4 Å². The third kappa shape index (κ3) is 3.22. The highest BCUT2D eigenvalue weighted by Crippen LogP contribution is 2.25. The maximum atomic E-state index is 12.1. The number of fused-ring (bicyclic) bond motifs is 1. The summed E-state index contributed by atoms with van der Waals surface area (Å²) in [6.07, 6.45) is 2.67. The Hall–Kier alpha value is -2.07. The first-order valence-electron chi connectivity index (χ1n) is 7.75. The first-order valence-corrected chi connectivity index (χ1v) is 7.75. The second kappa shape index (κ2) is 6.36. The van der Waals surface area contributed by atoms with Gasteiger partial charge in [-0.2, -0.15) is 0 Å². The first-order chi connectivity index (χ1) is 10.7. The fraction of sp³-hybridized carbons (Fsp3) is 0.389. The van der Waals surface area contributed by atoms with Crippen LogP contribution in [0.3, 0.4) is 0 Å². The van der Waals surface area contributed by atoms with Crippen LogP contribution in [0.15, 0.2) is 36.4 Å². The van der Waals surface area contributed by atoms with Gasteiger partial charge in [0, 0.05) is 18.5 Å². The molecular weight excluding hydrogens is 276 g/mol. The van der Waals surface area contributed by atoms with Crippen LogP contribution in [0, 0.1) is 5.92 Å². The molecule has 2 aromatic carbocycles. The molecule has 2 unspecified atom stereocenters. The summed E-state index contributed by atoms with van der Waals surface area (Å²) < 4.78 is 5.23. The molecule has 0 bridgehead atoms. The Morgan fingerprint density at radius 2 is 2.00 bits per heavy atom. The van der Waals surface area contributed by atoms with E-state index in [4.69, 9.17) is 10.5 Å². The second-order valence-electron chi connectivity index (χ2n) is 6.04. The molecule has 0 radical (unpaired) electrons. The molecule has 0 heterocycles. The molecule has 1 saturated carbocycles. The lowest BCUT2D eigenvalue weighted by molar-refractivity contribution is -0.125. The van der Waals surface area contributed by atoms with Crippen LogP contribution in [0.5, 0.6) is 5.75 Å². The SMILES string of the molecule is COc1ccc2cc(CNC(=O)C3CCC(N)C3)ccc2c1. The number of benzene rings is 2. The van der Waals surface area contributed by atoms with Crippen molar-refractivity contribution in [2.45, 2.75) is 31.8 Å². The molecule has 3 N–H and O–H groups in total. The zero-order chi connectivity index (χ0) is 15.5. The molecule has 0 spiro atoms. The molecule has 1 fully saturated rings. The van der Waals surface area contributed by atoms with Gasteiger partial charge < -0.3 is 15.8 Å². The van der Waals surface area contributed by atoms with Crippen molar-refractivity contribution in [1.29, 1.82) is 0 Å². The first kappa shape index (κ1) is 14.9. The number of hydrogen-bond donors (Lipinski definition) is 2. The number of methoxy groups -OCH3 is 1. The highest BCUT2D eigenvalue weighted by molar-refractivity contribution is 5.85. The summed E-state index contributed by atoms with van der Waals surface area (Å²) in [5.41, 5.74) is 6.97. The predicted octanol–water partition coefficient (Wildman–Crippen LogP) is 2.59. The molecule has 0 aliphatic heterocycles. The van der Waals surface area contributed by atoms with Crippen molar-refractivity contribution in [2.75, 3.05) is 7.11 Å². The molecule has 1 aliphatic carbocycles. The smallest absolute Gasteiger partial charge is 0.223 e. The quantitative estimate of drug-likeness (QED) is 0.912. The van der Waals surface area contributed by atoms with Crippen molar-refractivity contribution in [2.24, 2.45) is 11.7 Å². The Morgan fingerprint density at radius 1 is 1.23 bits per heavy atom. The van der Waals surface area contributed by atoms with Gasteiger partial charge in [-0.15, -0.1) is 0 Å². The third-order valence-electron chi connectivity index (χ3n) is 4.42. The lowest BCUT2D eigenvalue weighted by atomic mass is 10.1. The van der Waals surface area contributed by atoms with Crippen molar-refractivity contribution in [1.82, 2.24) is 5.32 Å². The Morgan fingerprint density at radius 3 is 2.73 bits per heavy atom. The molecule has 0 aromatic heterocycles. The summed E-state index contributed by atoms with van der Waals surface area (Å²) in [6.45, 7) is 0.562. The minimum absolute atomic E-state index is 0.0831. The molecule has 4 heteroatoms. The van der Waals surface area contributed by atoms with Gasteiger partial charge in [-0.1, -0.05) is 18.2 Å². The van der Waals surface area contributed by atoms with Crippen molar-refractivity contribution < 1.29 is 9.53 Å². The number of rotatable bonds is 4. The van der Waals surface area contributed by atoms with E-state index in [0.29, 0.717) is 6.54 Å². The van der Waals surface area contributed by atoms with E-state index < -0.39 is 0 Å². The lowest BCUT2D eigenvalue weighted by Crippen LogP contribution is -2.29. The molecule has 0 saturated heterocycles. The van der Waals surface area contributed by atoms with E-state index in [1.807, 2.05) is 24.3 Å². The topological polar surface area (TPSA) is 64.3 Å². The lowest BCUT2D eigenvalue weighted by Gasteiger charge is -2.11. The van der Waals surface area contributed by atoms with Crippen molar-refractivity contribution in [3.05, 3.63) is 42.0 Å². The van der Waals surface area contributed by atoms with Gasteiger partial charge in [0.1, 0.15) is 5.75 Å². The van der Waals surface area contributed by atoms with Gasteiger partial charge >= 0.3 is 0 Å². The zero-order valence-corrected chi connectivity index (χ0v) is 12.8. The van der Waals surface area contributed by atoms with Crippen LogP contribution < -0.4 is 15.8 Å². The van der Waals surface area contributed by atoms with Gasteiger partial charge in [-0.05, 0) is 53.8 Å². The van der Waals surface area contributed by atoms with Crippen molar-refractivity contribution in [3.63, 3.8) is 0 Å². The fourth-order valence-electron chi connectivity index (χ4n) is 3.10. The fourth-order valence-corrected chi connectivity index (χ4v) is 3.10. The van der Waals surface area contributed by atoms with Crippen LogP contribution in [0.1, 0.15) is 24.8 Å². The Balaban J connectivity index is 1.65. The number of nitrogens with two attached hydrogens (primary N) is 1. The van der Waals surface area contributed by atoms with E-state index in [-0.39, 0.29) is 17.9 Å². The molecule has 1 aliphatic rings. The van der Waals surface area contributed by atoms with E-state index in [1.165, 1.54) is 0 Å². The van der Waals surface area contributed by atoms with Gasteiger partial charge in [0.15, 0.2) is 0 Å². The van der Waals surface area contributed by atoms with Gasteiger partial charge in [-0.3, -0.25) is 4.79 Å². The molecule has 22 heavy (non-hydrogen) atoms. The summed E-state index contributed by atoms with van der Waals surface area (Å²) in [7, 11) is 1.67. The van der Waals surface area contributed by atoms with Crippen molar-refractivity contribution >= 4 is 16.7 Å². The number of amides is 1. The summed E-state index contributed by atoms with van der Waals surface area (Å²) in [5, 5.41) is 5.31. The van der Waals surface area contributed by atoms with Crippen LogP contribution >= 0.6 is 0 Å². The molecule has 3 rings (SSSR count). The van der Waals surface area contributed by atoms with Gasteiger partial charge in [0.25, 0.3) is 0 Å². The number of nitrogens with one attached hydrogen (secondary N) is 1. The van der Waals surface area contributed by atoms with E-state index >= 15 is 0 Å². The van der Waals surface area contributed by atoms with Crippen LogP contribution in [-0.4, -0.2) is 19.1 Å². The molecule has 4 nitrogen and oxygen atoms in total. The Kier molecular flexibility index (Phi) is 4.29. The summed E-state index contributed by atoms with van der Waals surface area (Å²) in [5.74, 6) is 1.06. The molecular formula is C18H22N2O2. The molecule has 116 valence electrons. The van der Waals surface area contributed by atoms with E-state index in [0.717, 1.165) is 41.3 Å². The Labute approximate surface area is 130 Å². The van der Waals surface area contributed by atoms with Crippen LogP contribution in [0.4, 0.5) is 0 Å². The van der Waals surface area contributed by atoms with Gasteiger partial charge in [0.2, 0.25) is 5.91 Å². The average molecular weight is 298 g/mol. The number of hydrogen-bond acceptors (Lipinski definition) is 3. The third-order valence-corrected chi connectivity index (χ3v) is 4.42. The predicted molar refractivity (Wildman–Crippen MR) is 87.7 cm³/mol. The van der Waals surface area contributed by atoms with Crippen LogP contribution in [0.2, 0.25) is 0 Å². The number of ether oxygens (including phenoxy) is 1. The average Bonchev–Trinajstić information content (AvgIpc) is 2.98. The minimum atomic E-state index is 0.0831. The normalized spacial score (nSPS) is 21.0. The number of carbonyl (C=O) groups excluding carboxylic acids is 1. The largest absolute Gasteiger partial charge is 0.497 e. The van der Waals surface area contributed by atoms with Crippen LogP contribution in [0.25, 0.3) is 10.8 Å². The van der Waals surface area contributed by atoms with E-state index in [9.17, 15) is 4.79 Å². The summed E-state index contributed by atoms with van der Waals surface area (Å²) in [6, 6.07) is 12.4. The molecule has 2 aromatic rings. The highest BCUT2D eigenvalue weighted by Gasteiger charge is 2.27. The van der Waals surface area contributed by atoms with Gasteiger partial charge in [0.05, 0.1) is 7.11 Å². The Bertz CT molecular complexity index is 684. The maximum absolute atomic E-state index is 12.1.